The van der Waals surface area contributed by atoms with Crippen molar-refractivity contribution in [1.82, 2.24) is 38.7 Å². The fourth-order valence-corrected chi connectivity index (χ4v) is 5.91. The molecule has 0 atom stereocenters. The second kappa shape index (κ2) is 15.7. The predicted molar refractivity (Wildman–Crippen MR) is 196 cm³/mol. The van der Waals surface area contributed by atoms with Gasteiger partial charge in [0.15, 0.2) is 17.1 Å². The third-order valence-electron chi connectivity index (χ3n) is 8.49. The maximum Gasteiger partial charge on any atom is 0.387 e. The SMILES string of the molecule is Cn1c(=O)c2ccc(-c3cnc(C(C)(C)O)nc3)nc2n1Cc1ccccc1OC(F)F.Cn1c(=O)c2ccc(Cl)nc2n1Cc1ccccc1OC(F)F. The molecule has 0 aliphatic heterocycles. The number of hydrogen-bond acceptors (Lipinski definition) is 9. The van der Waals surface area contributed by atoms with Gasteiger partial charge in [0.25, 0.3) is 11.1 Å². The highest BCUT2D eigenvalue weighted by Crippen LogP contribution is 2.26. The Hall–Kier alpha value is -6.07. The standard InChI is InChI=1S/C22H21F2N5O3.C15H12ClF2N3O2/c1-22(2,31)20-25-10-14(11-26-20)16-9-8-15-18(27-16)29(28(3)19(15)30)12-13-6-4-5-7-17(13)32-21(23)24;1-20-14(22)10-6-7-12(16)19-13(10)21(20)8-9-4-2-3-5-11(9)23-15(17)18/h4-11,21,31H,12H2,1-3H3;2-7,15H,8H2,1H3. The number of hydrogen-bond donors (Lipinski definition) is 1. The summed E-state index contributed by atoms with van der Waals surface area (Å²) in [5, 5.41) is 11.1. The van der Waals surface area contributed by atoms with Crippen LogP contribution < -0.4 is 20.6 Å². The molecule has 0 aliphatic carbocycles. The smallest absolute Gasteiger partial charge is 0.387 e. The molecule has 0 bridgehead atoms. The molecule has 0 fully saturated rings. The normalized spacial score (nSPS) is 11.7. The number of benzene rings is 2. The summed E-state index contributed by atoms with van der Waals surface area (Å²) in [5.74, 6) is 0.358. The van der Waals surface area contributed by atoms with E-state index in [1.807, 2.05) is 0 Å². The predicted octanol–water partition coefficient (Wildman–Crippen LogP) is 6.11. The molecule has 7 aromatic rings. The fourth-order valence-electron chi connectivity index (χ4n) is 5.77. The number of para-hydroxylation sites is 2. The van der Waals surface area contributed by atoms with Gasteiger partial charge in [-0.1, -0.05) is 48.0 Å². The Morgan fingerprint density at radius 2 is 1.16 bits per heavy atom. The summed E-state index contributed by atoms with van der Waals surface area (Å²) in [4.78, 5) is 42.1. The third-order valence-corrected chi connectivity index (χ3v) is 8.70. The van der Waals surface area contributed by atoms with E-state index in [0.717, 1.165) is 0 Å². The van der Waals surface area contributed by atoms with Gasteiger partial charge in [0.2, 0.25) is 0 Å². The summed E-state index contributed by atoms with van der Waals surface area (Å²) in [6, 6.07) is 19.3. The van der Waals surface area contributed by atoms with E-state index in [1.165, 1.54) is 27.6 Å². The lowest BCUT2D eigenvalue weighted by atomic mass is 10.1. The van der Waals surface area contributed by atoms with Gasteiger partial charge in [0.1, 0.15) is 22.3 Å². The number of aromatic nitrogens is 8. The number of rotatable bonds is 10. The summed E-state index contributed by atoms with van der Waals surface area (Å²) in [6.45, 7) is -2.46. The van der Waals surface area contributed by atoms with E-state index in [1.54, 1.807) is 104 Å². The molecule has 0 aliphatic rings. The molecule has 0 unspecified atom stereocenters. The minimum Gasteiger partial charge on any atom is -0.434 e. The summed E-state index contributed by atoms with van der Waals surface area (Å²) in [5.41, 5.74) is 1.19. The Kier molecular flexibility index (Phi) is 11.1. The van der Waals surface area contributed by atoms with Crippen molar-refractivity contribution in [2.45, 2.75) is 45.8 Å². The van der Waals surface area contributed by atoms with Crippen LogP contribution in [0.5, 0.6) is 11.5 Å². The minimum absolute atomic E-state index is 0.0311. The number of aliphatic hydroxyl groups is 1. The molecule has 2 aromatic carbocycles. The lowest BCUT2D eigenvalue weighted by Gasteiger charge is -2.15. The maximum atomic E-state index is 12.8. The van der Waals surface area contributed by atoms with Crippen molar-refractivity contribution < 1.29 is 32.1 Å². The van der Waals surface area contributed by atoms with Crippen molar-refractivity contribution in [2.75, 3.05) is 0 Å². The van der Waals surface area contributed by atoms with Crippen LogP contribution >= 0.6 is 11.6 Å². The zero-order chi connectivity index (χ0) is 39.6. The van der Waals surface area contributed by atoms with Gasteiger partial charge in [0, 0.05) is 43.2 Å². The fraction of sp³-hybridized carbons (Fsp3) is 0.243. The molecule has 5 heterocycles. The maximum absolute atomic E-state index is 12.8. The quantitative estimate of drug-likeness (QED) is 0.129. The molecule has 0 radical (unpaired) electrons. The van der Waals surface area contributed by atoms with Crippen molar-refractivity contribution in [3.63, 3.8) is 0 Å². The van der Waals surface area contributed by atoms with Crippen LogP contribution in [0.2, 0.25) is 5.15 Å². The number of nitrogens with zero attached hydrogens (tertiary/aromatic N) is 8. The second-order valence-corrected chi connectivity index (χ2v) is 13.1. The average molecular weight is 781 g/mol. The summed E-state index contributed by atoms with van der Waals surface area (Å²) in [6.07, 6.45) is 3.09. The van der Waals surface area contributed by atoms with Gasteiger partial charge in [-0.3, -0.25) is 28.3 Å². The first-order valence-corrected chi connectivity index (χ1v) is 16.9. The summed E-state index contributed by atoms with van der Waals surface area (Å²) < 4.78 is 65.7. The number of fused-ring (bicyclic) bond motifs is 2. The van der Waals surface area contributed by atoms with E-state index < -0.39 is 18.8 Å². The third kappa shape index (κ3) is 8.37. The monoisotopic (exact) mass is 780 g/mol. The minimum atomic E-state index is -2.96. The van der Waals surface area contributed by atoms with Crippen LogP contribution in [-0.2, 0) is 32.8 Å². The lowest BCUT2D eigenvalue weighted by Crippen LogP contribution is -2.20. The summed E-state index contributed by atoms with van der Waals surface area (Å²) in [7, 11) is 3.16. The van der Waals surface area contributed by atoms with Crippen molar-refractivity contribution in [1.29, 1.82) is 0 Å². The highest BCUT2D eigenvalue weighted by atomic mass is 35.5. The molecular formula is C37H33ClF4N8O5. The Morgan fingerprint density at radius 3 is 1.64 bits per heavy atom. The topological polar surface area (TPSA) is 144 Å². The van der Waals surface area contributed by atoms with Crippen LogP contribution in [0.15, 0.2) is 94.8 Å². The van der Waals surface area contributed by atoms with Crippen LogP contribution in [0.3, 0.4) is 0 Å². The van der Waals surface area contributed by atoms with Crippen LogP contribution in [-0.4, -0.2) is 57.0 Å². The first kappa shape index (κ1) is 38.6. The van der Waals surface area contributed by atoms with Crippen LogP contribution in [0.4, 0.5) is 17.6 Å². The summed E-state index contributed by atoms with van der Waals surface area (Å²) >= 11 is 5.90. The van der Waals surface area contributed by atoms with Gasteiger partial charge in [0.05, 0.1) is 29.6 Å². The molecule has 55 heavy (non-hydrogen) atoms. The highest BCUT2D eigenvalue weighted by molar-refractivity contribution is 6.29. The highest BCUT2D eigenvalue weighted by Gasteiger charge is 2.21. The molecule has 0 saturated carbocycles. The van der Waals surface area contributed by atoms with E-state index in [2.05, 4.69) is 29.4 Å². The zero-order valence-electron chi connectivity index (χ0n) is 29.7. The van der Waals surface area contributed by atoms with Crippen LogP contribution in [0, 0.1) is 0 Å². The molecule has 0 amide bonds. The number of alkyl halides is 4. The first-order valence-electron chi connectivity index (χ1n) is 16.5. The Labute approximate surface area is 314 Å². The molecular weight excluding hydrogens is 748 g/mol. The Morgan fingerprint density at radius 1 is 0.709 bits per heavy atom. The molecule has 18 heteroatoms. The number of ether oxygens (including phenoxy) is 2. The first-order chi connectivity index (χ1) is 26.1. The molecule has 13 nitrogen and oxygen atoms in total. The van der Waals surface area contributed by atoms with Crippen LogP contribution in [0.25, 0.3) is 33.3 Å². The molecule has 1 N–H and O–H groups in total. The van der Waals surface area contributed by atoms with E-state index in [-0.39, 0.29) is 46.7 Å². The molecule has 5 aromatic heterocycles. The second-order valence-electron chi connectivity index (χ2n) is 12.7. The van der Waals surface area contributed by atoms with E-state index in [4.69, 9.17) is 11.6 Å². The van der Waals surface area contributed by atoms with Crippen molar-refractivity contribution in [3.8, 4) is 22.8 Å². The van der Waals surface area contributed by atoms with Gasteiger partial charge in [-0.25, -0.2) is 19.9 Å². The number of pyridine rings is 2. The molecule has 0 saturated heterocycles. The van der Waals surface area contributed by atoms with Crippen molar-refractivity contribution in [2.24, 2.45) is 14.1 Å². The molecule has 0 spiro atoms. The van der Waals surface area contributed by atoms with E-state index >= 15 is 0 Å². The molecule has 286 valence electrons. The van der Waals surface area contributed by atoms with Crippen molar-refractivity contribution in [3.05, 3.63) is 128 Å². The van der Waals surface area contributed by atoms with Gasteiger partial charge in [-0.2, -0.15) is 17.6 Å². The lowest BCUT2D eigenvalue weighted by molar-refractivity contribution is -0.0511. The Balaban J connectivity index is 0.000000197. The van der Waals surface area contributed by atoms with Gasteiger partial charge in [-0.15, -0.1) is 0 Å². The molecule has 7 rings (SSSR count). The van der Waals surface area contributed by atoms with E-state index in [9.17, 15) is 32.3 Å². The average Bonchev–Trinajstić information content (AvgIpc) is 3.51. The largest absolute Gasteiger partial charge is 0.434 e. The Bertz CT molecular complexity index is 2600. The van der Waals surface area contributed by atoms with Gasteiger partial charge in [-0.05, 0) is 50.2 Å². The van der Waals surface area contributed by atoms with Gasteiger partial charge < -0.3 is 14.6 Å². The van der Waals surface area contributed by atoms with E-state index in [0.29, 0.717) is 44.5 Å². The van der Waals surface area contributed by atoms with Gasteiger partial charge >= 0.3 is 13.2 Å². The number of halogens is 5. The van der Waals surface area contributed by atoms with Crippen molar-refractivity contribution >= 4 is 33.7 Å². The zero-order valence-corrected chi connectivity index (χ0v) is 30.5. The van der Waals surface area contributed by atoms with Crippen LogP contribution in [0.1, 0.15) is 30.8 Å².